The van der Waals surface area contributed by atoms with E-state index in [2.05, 4.69) is 25.1 Å². The summed E-state index contributed by atoms with van der Waals surface area (Å²) in [6, 6.07) is 19.6. The molecule has 0 bridgehead atoms. The van der Waals surface area contributed by atoms with Crippen LogP contribution in [-0.2, 0) is 6.42 Å². The predicted octanol–water partition coefficient (Wildman–Crippen LogP) is 4.20. The maximum absolute atomic E-state index is 9.31. The number of aryl methyl sites for hydroxylation is 1. The zero-order valence-electron chi connectivity index (χ0n) is 12.6. The van der Waals surface area contributed by atoms with E-state index in [4.69, 9.17) is 10.00 Å². The minimum absolute atomic E-state index is 0.220. The molecule has 2 aromatic carbocycles. The van der Waals surface area contributed by atoms with Gasteiger partial charge in [-0.3, -0.25) is 0 Å². The Hall–Kier alpha value is -2.78. The van der Waals surface area contributed by atoms with Crippen LogP contribution in [0.15, 0.2) is 48.5 Å². The van der Waals surface area contributed by atoms with Crippen molar-refractivity contribution in [2.75, 3.05) is 6.61 Å². The number of nitriles is 2. The normalized spacial score (nSPS) is 11.2. The van der Waals surface area contributed by atoms with Gasteiger partial charge in [0.05, 0.1) is 30.2 Å². The van der Waals surface area contributed by atoms with Gasteiger partial charge in [-0.25, -0.2) is 0 Å². The first-order valence-corrected chi connectivity index (χ1v) is 7.38. The van der Waals surface area contributed by atoms with Crippen molar-refractivity contribution in [2.24, 2.45) is 0 Å². The number of ether oxygens (including phenoxy) is 1. The molecular formula is C19H18N2O. The van der Waals surface area contributed by atoms with Crippen LogP contribution in [0.3, 0.4) is 0 Å². The fraction of sp³-hybridized carbons (Fsp3) is 0.263. The predicted molar refractivity (Wildman–Crippen MR) is 85.4 cm³/mol. The molecule has 0 aliphatic heterocycles. The van der Waals surface area contributed by atoms with Crippen LogP contribution < -0.4 is 4.74 Å². The highest BCUT2D eigenvalue weighted by atomic mass is 16.5. The number of nitrogens with zero attached hydrogens (tertiary/aromatic N) is 2. The minimum Gasteiger partial charge on any atom is -0.494 e. The molecule has 1 unspecified atom stereocenters. The lowest BCUT2D eigenvalue weighted by atomic mass is 9.97. The summed E-state index contributed by atoms with van der Waals surface area (Å²) in [6.07, 6.45) is 1.60. The Morgan fingerprint density at radius 1 is 1.09 bits per heavy atom. The van der Waals surface area contributed by atoms with Gasteiger partial charge in [-0.2, -0.15) is 10.5 Å². The smallest absolute Gasteiger partial charge is 0.119 e. The zero-order chi connectivity index (χ0) is 15.8. The Morgan fingerprint density at radius 3 is 2.50 bits per heavy atom. The molecule has 0 aliphatic rings. The molecule has 0 radical (unpaired) electrons. The van der Waals surface area contributed by atoms with Gasteiger partial charge in [-0.05, 0) is 41.8 Å². The highest BCUT2D eigenvalue weighted by molar-refractivity contribution is 5.35. The van der Waals surface area contributed by atoms with Crippen LogP contribution in [0.2, 0.25) is 0 Å². The van der Waals surface area contributed by atoms with Crippen LogP contribution in [0.4, 0.5) is 0 Å². The maximum atomic E-state index is 9.31. The number of hydrogen-bond donors (Lipinski definition) is 0. The van der Waals surface area contributed by atoms with Gasteiger partial charge < -0.3 is 4.74 Å². The summed E-state index contributed by atoms with van der Waals surface area (Å²) in [7, 11) is 0. The van der Waals surface area contributed by atoms with Gasteiger partial charge in [0.15, 0.2) is 0 Å². The first kappa shape index (κ1) is 15.6. The minimum atomic E-state index is -0.220. The molecule has 2 aromatic rings. The van der Waals surface area contributed by atoms with E-state index in [1.165, 1.54) is 5.56 Å². The van der Waals surface area contributed by atoms with E-state index in [1.807, 2.05) is 30.3 Å². The van der Waals surface area contributed by atoms with E-state index in [0.29, 0.717) is 18.6 Å². The summed E-state index contributed by atoms with van der Waals surface area (Å²) in [5.74, 6) is 0.623. The average molecular weight is 290 g/mol. The fourth-order valence-corrected chi connectivity index (χ4v) is 2.25. The Labute approximate surface area is 131 Å². The van der Waals surface area contributed by atoms with Crippen LogP contribution >= 0.6 is 0 Å². The van der Waals surface area contributed by atoms with E-state index in [-0.39, 0.29) is 5.92 Å². The van der Waals surface area contributed by atoms with Crippen LogP contribution in [-0.4, -0.2) is 6.61 Å². The van der Waals surface area contributed by atoms with Gasteiger partial charge in [-0.15, -0.1) is 0 Å². The first-order chi connectivity index (χ1) is 10.8. The standard InChI is InChI=1S/C19H18N2O/c1-2-15-4-3-5-19(12-15)22-11-10-18(14-21)17-8-6-16(13-20)7-9-17/h3-9,12,18H,2,10-11H2,1H3. The molecule has 3 nitrogen and oxygen atoms in total. The molecule has 1 atom stereocenters. The van der Waals surface area contributed by atoms with Crippen molar-refractivity contribution < 1.29 is 4.74 Å². The van der Waals surface area contributed by atoms with E-state index < -0.39 is 0 Å². The lowest BCUT2D eigenvalue weighted by molar-refractivity contribution is 0.305. The highest BCUT2D eigenvalue weighted by Gasteiger charge is 2.11. The molecule has 0 saturated heterocycles. The molecular weight excluding hydrogens is 272 g/mol. The van der Waals surface area contributed by atoms with Gasteiger partial charge in [0.25, 0.3) is 0 Å². The molecule has 0 aliphatic carbocycles. The summed E-state index contributed by atoms with van der Waals surface area (Å²) in [5, 5.41) is 18.1. The molecule has 110 valence electrons. The molecule has 0 saturated carbocycles. The van der Waals surface area contributed by atoms with Crippen molar-refractivity contribution in [1.82, 2.24) is 0 Å². The summed E-state index contributed by atoms with van der Waals surface area (Å²) in [4.78, 5) is 0. The van der Waals surface area contributed by atoms with E-state index in [9.17, 15) is 5.26 Å². The lowest BCUT2D eigenvalue weighted by Crippen LogP contribution is -2.04. The highest BCUT2D eigenvalue weighted by Crippen LogP contribution is 2.21. The fourth-order valence-electron chi connectivity index (χ4n) is 2.25. The molecule has 0 heterocycles. The van der Waals surface area contributed by atoms with Crippen molar-refractivity contribution >= 4 is 0 Å². The molecule has 22 heavy (non-hydrogen) atoms. The summed E-state index contributed by atoms with van der Waals surface area (Å²) >= 11 is 0. The number of benzene rings is 2. The molecule has 2 rings (SSSR count). The molecule has 0 aromatic heterocycles. The second-order valence-corrected chi connectivity index (χ2v) is 5.05. The van der Waals surface area contributed by atoms with E-state index in [0.717, 1.165) is 17.7 Å². The first-order valence-electron chi connectivity index (χ1n) is 7.38. The molecule has 0 fully saturated rings. The Kier molecular flexibility index (Phi) is 5.57. The monoisotopic (exact) mass is 290 g/mol. The second-order valence-electron chi connectivity index (χ2n) is 5.05. The van der Waals surface area contributed by atoms with Gasteiger partial charge in [0.2, 0.25) is 0 Å². The van der Waals surface area contributed by atoms with Crippen LogP contribution in [0.5, 0.6) is 5.75 Å². The molecule has 0 amide bonds. The SMILES string of the molecule is CCc1cccc(OCCC(C#N)c2ccc(C#N)cc2)c1. The number of hydrogen-bond acceptors (Lipinski definition) is 3. The van der Waals surface area contributed by atoms with Gasteiger partial charge >= 0.3 is 0 Å². The third kappa shape index (κ3) is 4.11. The van der Waals surface area contributed by atoms with Crippen molar-refractivity contribution in [3.05, 3.63) is 65.2 Å². The topological polar surface area (TPSA) is 56.8 Å². The van der Waals surface area contributed by atoms with Crippen molar-refractivity contribution in [2.45, 2.75) is 25.7 Å². The van der Waals surface area contributed by atoms with Crippen LogP contribution in [0.25, 0.3) is 0 Å². The Morgan fingerprint density at radius 2 is 1.86 bits per heavy atom. The number of rotatable bonds is 6. The molecule has 0 N–H and O–H groups in total. The van der Waals surface area contributed by atoms with Crippen LogP contribution in [0, 0.1) is 22.7 Å². The lowest BCUT2D eigenvalue weighted by Gasteiger charge is -2.11. The Balaban J connectivity index is 1.93. The summed E-state index contributed by atoms with van der Waals surface area (Å²) in [5.41, 5.74) is 2.77. The summed E-state index contributed by atoms with van der Waals surface area (Å²) < 4.78 is 5.74. The zero-order valence-corrected chi connectivity index (χ0v) is 12.6. The maximum Gasteiger partial charge on any atom is 0.119 e. The van der Waals surface area contributed by atoms with Gasteiger partial charge in [-0.1, -0.05) is 31.2 Å². The van der Waals surface area contributed by atoms with Crippen molar-refractivity contribution in [1.29, 1.82) is 10.5 Å². The van der Waals surface area contributed by atoms with Crippen molar-refractivity contribution in [3.63, 3.8) is 0 Å². The summed E-state index contributed by atoms with van der Waals surface area (Å²) in [6.45, 7) is 2.60. The van der Waals surface area contributed by atoms with Gasteiger partial charge in [0.1, 0.15) is 5.75 Å². The second kappa shape index (κ2) is 7.86. The third-order valence-corrected chi connectivity index (χ3v) is 3.58. The van der Waals surface area contributed by atoms with Gasteiger partial charge in [0, 0.05) is 6.42 Å². The average Bonchev–Trinajstić information content (AvgIpc) is 2.59. The quantitative estimate of drug-likeness (QED) is 0.801. The van der Waals surface area contributed by atoms with Crippen LogP contribution in [0.1, 0.15) is 36.0 Å². The largest absolute Gasteiger partial charge is 0.494 e. The van der Waals surface area contributed by atoms with Crippen molar-refractivity contribution in [3.8, 4) is 17.9 Å². The Bertz CT molecular complexity index is 693. The van der Waals surface area contributed by atoms with E-state index >= 15 is 0 Å². The molecule has 3 heteroatoms. The van der Waals surface area contributed by atoms with E-state index in [1.54, 1.807) is 12.1 Å². The third-order valence-electron chi connectivity index (χ3n) is 3.58. The molecule has 0 spiro atoms.